The number of ketones is 4. The van der Waals surface area contributed by atoms with Crippen molar-refractivity contribution in [2.24, 2.45) is 0 Å². The Hall–Kier alpha value is -17.0. The van der Waals surface area contributed by atoms with Gasteiger partial charge in [-0.2, -0.15) is 0 Å². The first kappa shape index (κ1) is 102. The monoisotopic (exact) mass is 1960 g/mol. The van der Waals surface area contributed by atoms with Crippen molar-refractivity contribution in [1.29, 1.82) is 0 Å². The summed E-state index contributed by atoms with van der Waals surface area (Å²) in [6, 6.07) is 73.0. The smallest absolute Gasteiger partial charge is 0.283 e. The molecule has 14 aliphatic rings. The van der Waals surface area contributed by atoms with E-state index >= 15 is 0 Å². The van der Waals surface area contributed by atoms with E-state index in [-0.39, 0.29) is 98.8 Å². The van der Waals surface area contributed by atoms with Crippen LogP contribution in [0.25, 0.3) is 24.3 Å². The van der Waals surface area contributed by atoms with Crippen LogP contribution in [0, 0.1) is 0 Å². The molecule has 0 N–H and O–H groups in total. The summed E-state index contributed by atoms with van der Waals surface area (Å²) in [6.45, 7) is 14.1. The number of amides is 4. The molecular weight excluding hydrogens is 1840 g/mol. The number of carbonyl (C=O) groups is 8. The Morgan fingerprint density at radius 1 is 0.243 bits per heavy atom. The van der Waals surface area contributed by atoms with E-state index in [4.69, 9.17) is 18.9 Å². The zero-order valence-electron chi connectivity index (χ0n) is 81.4. The van der Waals surface area contributed by atoms with Gasteiger partial charge < -0.3 is 38.5 Å². The molecule has 2 fully saturated rings. The molecule has 10 aromatic carbocycles. The van der Waals surface area contributed by atoms with Gasteiger partial charge in [0.1, 0.15) is 57.2 Å². The van der Waals surface area contributed by atoms with Crippen LogP contribution >= 0.6 is 0 Å². The average molecular weight is 1970 g/mol. The molecule has 20 heteroatoms. The molecule has 2 saturated heterocycles. The molecule has 148 heavy (non-hydrogen) atoms. The largest absolute Gasteiger partial charge is 0.462 e. The summed E-state index contributed by atoms with van der Waals surface area (Å²) >= 11 is 0. The molecule has 0 saturated carbocycles. The van der Waals surface area contributed by atoms with Crippen LogP contribution in [-0.4, -0.2) is 100 Å². The molecule has 2 aliphatic carbocycles. The summed E-state index contributed by atoms with van der Waals surface area (Å²) in [5, 5.41) is 5.77. The molecule has 0 bridgehead atoms. The number of benzene rings is 10. The third-order valence-electron chi connectivity index (χ3n) is 28.0. The van der Waals surface area contributed by atoms with Gasteiger partial charge in [-0.25, -0.2) is 20.0 Å². The summed E-state index contributed by atoms with van der Waals surface area (Å²) in [5.41, 5.74) is 25.7. The van der Waals surface area contributed by atoms with Crippen LogP contribution in [0.15, 0.2) is 394 Å². The second kappa shape index (κ2) is 44.3. The van der Waals surface area contributed by atoms with Crippen LogP contribution < -0.4 is 39.6 Å². The van der Waals surface area contributed by atoms with Crippen LogP contribution in [0.4, 0.5) is 45.5 Å². The lowest BCUT2D eigenvalue weighted by Gasteiger charge is -2.37. The number of hydrazine groups is 2. The van der Waals surface area contributed by atoms with Crippen molar-refractivity contribution in [2.75, 3.05) is 93.0 Å². The van der Waals surface area contributed by atoms with Crippen molar-refractivity contribution in [3.63, 3.8) is 0 Å². The molecule has 4 amide bonds. The topological polar surface area (TPSA) is 199 Å². The van der Waals surface area contributed by atoms with Crippen molar-refractivity contribution in [3.8, 4) is 0 Å². The number of Topliss-reactive ketones (excluding diaryl/α,β-unsaturated/α-hetero) is 4. The highest BCUT2D eigenvalue weighted by atomic mass is 16.5. The average Bonchev–Trinajstić information content (AvgIpc) is 1.57. The van der Waals surface area contributed by atoms with Crippen molar-refractivity contribution in [1.82, 2.24) is 0 Å². The fraction of sp³-hybridized carbons (Fsp3) is 0.219. The summed E-state index contributed by atoms with van der Waals surface area (Å²) in [4.78, 5) is 117. The number of ether oxygens (including phenoxy) is 4. The Morgan fingerprint density at radius 3 is 0.743 bits per heavy atom. The number of fused-ring (bicyclic) bond motifs is 4. The molecule has 10 aromatic rings. The molecular formula is C128H124N8O12. The minimum Gasteiger partial charge on any atom is -0.462 e. The zero-order chi connectivity index (χ0) is 98.9. The number of carbonyl (C=O) groups excluding carboxylic acids is 8. The van der Waals surface area contributed by atoms with Gasteiger partial charge in [-0.15, -0.1) is 0 Å². The number of hydrogen-bond acceptors (Lipinski definition) is 16. The molecule has 0 atom stereocenters. The van der Waals surface area contributed by atoms with Crippen LogP contribution in [0.3, 0.4) is 0 Å². The van der Waals surface area contributed by atoms with Gasteiger partial charge in [-0.05, 0) is 353 Å². The Kier molecular flexibility index (Phi) is 30.7. The lowest BCUT2D eigenvalue weighted by Crippen LogP contribution is -2.41. The number of anilines is 8. The number of rotatable bonds is 12. The van der Waals surface area contributed by atoms with Gasteiger partial charge in [-0.3, -0.25) is 38.4 Å². The van der Waals surface area contributed by atoms with Gasteiger partial charge in [0.15, 0.2) is 23.1 Å². The van der Waals surface area contributed by atoms with Crippen LogP contribution in [0.2, 0.25) is 0 Å². The van der Waals surface area contributed by atoms with Gasteiger partial charge in [-0.1, -0.05) is 187 Å². The van der Waals surface area contributed by atoms with E-state index in [0.717, 1.165) is 94.2 Å². The molecule has 0 aromatic heterocycles. The standard InChI is InChI=1S/C35H31N3O3.C33H29N3O3.C29H25NO3.C27H23NO3.4CH4/c1-24-20-28(23-31(41-24)17-16-25-21-26-10-8-18-36-19-9-11-27(22-25)33(26)36)32-34(39)37(29-12-4-2-5-13-29)38(35(32)40)30-14-6-3-7-15-30;1-23-20-26(22-29(39-23)17-15-24-16-18-30-25(21-24)10-9-19-34(30)2)31-32(37)35(27-11-5-3-6-12-27)36(33(31)38)28-13-7-4-8-14-28;1-18-14-22(26-28(31)24-8-2-3-9-25(24)29(26)32)17-23(33-18)11-10-19-15-20-6-4-12-30-13-5-7-21(16-19)27(20)30;1-17-14-20(25-26(29)22-7-3-4-8-23(22)27(25)30)16-21(31-17)11-9-18-10-12-24-19(15-18)6-5-13-28(24)2;;;;/h2-7,12-17,20-23H,8-11,18-19H2,1H3;3-8,11-18,20-22H,9-10,19H2,1-2H3;2-3,8-11,14-17H,4-7,12-13H2,1H3;3-4,7-12,14-16H,5-6,13H2,1-2H3;4*1H4/b17-16+;17-15+;11-10+;11-9+;;;;. The lowest BCUT2D eigenvalue weighted by atomic mass is 9.90. The molecule has 0 unspecified atom stereocenters. The Labute approximate surface area is 867 Å². The third kappa shape index (κ3) is 20.8. The van der Waals surface area contributed by atoms with E-state index in [1.165, 1.54) is 121 Å². The highest BCUT2D eigenvalue weighted by molar-refractivity contribution is 6.42. The number of allylic oxidation sites excluding steroid dienone is 22. The Morgan fingerprint density at radius 2 is 0.473 bits per heavy atom. The molecule has 0 radical (unpaired) electrons. The summed E-state index contributed by atoms with van der Waals surface area (Å²) in [5.74, 6) is 2.55. The maximum atomic E-state index is 13.9. The molecule has 748 valence electrons. The first-order valence-corrected chi connectivity index (χ1v) is 49.6. The number of hydrogen-bond donors (Lipinski definition) is 0. The van der Waals surface area contributed by atoms with Gasteiger partial charge in [0.2, 0.25) is 0 Å². The molecule has 12 heterocycles. The van der Waals surface area contributed by atoms with E-state index in [1.807, 2.05) is 185 Å². The van der Waals surface area contributed by atoms with Crippen molar-refractivity contribution in [2.45, 2.75) is 134 Å². The third-order valence-corrected chi connectivity index (χ3v) is 28.0. The highest BCUT2D eigenvalue weighted by Gasteiger charge is 2.47. The predicted molar refractivity (Wildman–Crippen MR) is 595 cm³/mol. The quantitative estimate of drug-likeness (QED) is 0.0825. The first-order chi connectivity index (χ1) is 70.1. The Balaban J connectivity index is 0.000000134. The van der Waals surface area contributed by atoms with E-state index in [9.17, 15) is 38.4 Å². The summed E-state index contributed by atoms with van der Waals surface area (Å²) in [7, 11) is 4.25. The maximum absolute atomic E-state index is 13.9. The lowest BCUT2D eigenvalue weighted by molar-refractivity contribution is -0.118. The Bertz CT molecular complexity index is 7340. The zero-order valence-corrected chi connectivity index (χ0v) is 81.4. The number of aryl methyl sites for hydroxylation is 6. The second-order valence-corrected chi connectivity index (χ2v) is 38.1. The minimum atomic E-state index is -0.380. The van der Waals surface area contributed by atoms with Gasteiger partial charge in [0.25, 0.3) is 23.6 Å². The normalized spacial score (nSPS) is 17.8. The van der Waals surface area contributed by atoms with E-state index in [0.29, 0.717) is 113 Å². The van der Waals surface area contributed by atoms with Crippen molar-refractivity contribution >= 4 is 117 Å². The molecule has 24 rings (SSSR count). The van der Waals surface area contributed by atoms with Gasteiger partial charge >= 0.3 is 0 Å². The molecule has 20 nitrogen and oxygen atoms in total. The van der Waals surface area contributed by atoms with E-state index in [1.54, 1.807) is 97.1 Å². The van der Waals surface area contributed by atoms with Crippen LogP contribution in [-0.2, 0) is 76.7 Å². The van der Waals surface area contributed by atoms with E-state index in [2.05, 4.69) is 107 Å². The van der Waals surface area contributed by atoms with Crippen LogP contribution in [0.1, 0.15) is 193 Å². The first-order valence-electron chi connectivity index (χ1n) is 49.6. The fourth-order valence-corrected chi connectivity index (χ4v) is 21.6. The van der Waals surface area contributed by atoms with Crippen molar-refractivity contribution < 1.29 is 57.3 Å². The minimum absolute atomic E-state index is 0. The number of nitrogens with zero attached hydrogens (tertiary/aromatic N) is 8. The van der Waals surface area contributed by atoms with Crippen LogP contribution in [0.5, 0.6) is 0 Å². The van der Waals surface area contributed by atoms with E-state index < -0.39 is 0 Å². The highest BCUT2D eigenvalue weighted by Crippen LogP contribution is 2.44. The SMILES string of the molecule is C.C.C.C.CC1=CC(=C2C(=O)N(c3ccccc3)N(c3ccccc3)C2=O)C=C(/C=C/c2cc3c4c(c2)CCCN4CCC3)O1.CC1=CC(=C2C(=O)N(c3ccccc3)N(c3ccccc3)C2=O)C=C(/C=C/c2ccc3c(c2)CCCN3C)O1.CC1=CC(=C2C(=O)c3ccccc3C2=O)C=C(/C=C/c2cc3c4c(c2)CCCN4CCC3)O1.CC1=CC(=C2C(=O)c3ccccc3C2=O)C=C(/C=C/c2ccc3c(c2)CCCN3C)O1. The second-order valence-electron chi connectivity index (χ2n) is 38.1. The van der Waals surface area contributed by atoms with Gasteiger partial charge in [0, 0.05) is 98.4 Å². The maximum Gasteiger partial charge on any atom is 0.283 e. The number of para-hydroxylation sites is 4. The molecule has 12 aliphatic heterocycles. The molecule has 0 spiro atoms. The fourth-order valence-electron chi connectivity index (χ4n) is 21.6. The summed E-state index contributed by atoms with van der Waals surface area (Å²) in [6.07, 6.45) is 43.7. The van der Waals surface area contributed by atoms with Gasteiger partial charge in [0.05, 0.1) is 33.9 Å². The predicted octanol–water partition coefficient (Wildman–Crippen LogP) is 26.1. The summed E-state index contributed by atoms with van der Waals surface area (Å²) < 4.78 is 23.8. The van der Waals surface area contributed by atoms with Crippen molar-refractivity contribution in [3.05, 3.63) is 472 Å².